The highest BCUT2D eigenvalue weighted by Crippen LogP contribution is 2.26. The van der Waals surface area contributed by atoms with Crippen molar-refractivity contribution in [3.05, 3.63) is 232 Å². The van der Waals surface area contributed by atoms with Gasteiger partial charge in [0.05, 0.1) is 113 Å². The van der Waals surface area contributed by atoms with Gasteiger partial charge < -0.3 is 50.4 Å². The molecule has 520 valence electrons. The van der Waals surface area contributed by atoms with Crippen LogP contribution in [-0.4, -0.2) is 124 Å². The van der Waals surface area contributed by atoms with Crippen LogP contribution in [0.1, 0.15) is 25.7 Å². The molecule has 26 nitrogen and oxygen atoms in total. The number of anilines is 3. The second kappa shape index (κ2) is 40.9. The Labute approximate surface area is 583 Å². The molecule has 0 aliphatic carbocycles. The van der Waals surface area contributed by atoms with Gasteiger partial charge in [-0.3, -0.25) is 0 Å². The van der Waals surface area contributed by atoms with Crippen molar-refractivity contribution in [1.82, 2.24) is 9.13 Å². The van der Waals surface area contributed by atoms with Crippen LogP contribution in [0.15, 0.2) is 273 Å². The van der Waals surface area contributed by atoms with Gasteiger partial charge in [0, 0.05) is 106 Å². The minimum Gasteiger partial charge on any atom is -0.508 e. The van der Waals surface area contributed by atoms with Crippen LogP contribution in [0.2, 0.25) is 0 Å². The first-order chi connectivity index (χ1) is 49.2. The van der Waals surface area contributed by atoms with Crippen molar-refractivity contribution >= 4 is 62.8 Å². The molecule has 6 aromatic heterocycles. The monoisotopic (exact) mass is 1360 g/mol. The molecule has 0 saturated heterocycles. The van der Waals surface area contributed by atoms with Crippen molar-refractivity contribution in [2.75, 3.05) is 93.6 Å². The Morgan fingerprint density at radius 3 is 0.990 bits per heavy atom. The lowest BCUT2D eigenvalue weighted by atomic mass is 10.2. The highest BCUT2D eigenvalue weighted by atomic mass is 16.3. The number of imidazole rings is 2. The summed E-state index contributed by atoms with van der Waals surface area (Å²) in [5.74, 6) is 1.77. The fourth-order valence-corrected chi connectivity index (χ4v) is 11.0. The third-order valence-corrected chi connectivity index (χ3v) is 16.1. The second-order valence-corrected chi connectivity index (χ2v) is 23.5. The van der Waals surface area contributed by atoms with Crippen molar-refractivity contribution in [3.63, 3.8) is 0 Å². The lowest BCUT2D eigenvalue weighted by molar-refractivity contribution is -0.726. The lowest BCUT2D eigenvalue weighted by Gasteiger charge is -2.22. The Hall–Kier alpha value is -10.7. The molecule has 7 N–H and O–H groups in total. The van der Waals surface area contributed by atoms with Gasteiger partial charge in [-0.05, 0) is 132 Å². The Morgan fingerprint density at radius 2 is 0.630 bits per heavy atom. The van der Waals surface area contributed by atoms with Crippen molar-refractivity contribution < 1.29 is 63.1 Å². The molecule has 10 rings (SSSR count). The number of aromatic hydroxyl groups is 1. The van der Waals surface area contributed by atoms with Gasteiger partial charge >= 0.3 is 11.6 Å². The third kappa shape index (κ3) is 24.4. The van der Waals surface area contributed by atoms with Crippen LogP contribution < -0.4 is 42.1 Å². The number of azo groups is 4. The van der Waals surface area contributed by atoms with Crippen LogP contribution in [0.25, 0.3) is 0 Å². The number of benzene rings is 4. The number of nitrogens with zero attached hydrogens (tertiary/aromatic N) is 19. The van der Waals surface area contributed by atoms with E-state index in [1.165, 1.54) is 0 Å². The van der Waals surface area contributed by atoms with E-state index in [4.69, 9.17) is 0 Å². The van der Waals surface area contributed by atoms with Crippen molar-refractivity contribution in [2.45, 2.75) is 78.0 Å². The smallest absolute Gasteiger partial charge is 0.350 e. The van der Waals surface area contributed by atoms with Crippen molar-refractivity contribution in [2.24, 2.45) is 40.9 Å². The highest BCUT2D eigenvalue weighted by Gasteiger charge is 2.16. The number of aliphatic hydroxyl groups is 6. The molecule has 6 heterocycles. The zero-order valence-corrected chi connectivity index (χ0v) is 56.5. The molecule has 100 heavy (non-hydrogen) atoms. The van der Waals surface area contributed by atoms with Crippen LogP contribution in [-0.2, 0) is 52.4 Å². The standard InChI is InChI=1S/C39H51N10O4.C35H41N9O3/c50-28-24-47(25-29-51)37-12-8-34(9-13-37)40-42-36-6-3-16-44(32-36)17-4-18-45-22-23-46(33-45)19-5-21-49-20-2-1-7-39(49)43-41-35-10-14-38(15-11-35)48(26-30-52)27-31-53;45-26-24-43(25-27-46)33-12-8-30(9-13-33)37-39-35-7-1-2-20-44(35)21-5-19-42-23-22-41(29-42)18-4-17-40-16-3-6-32(28-40)38-36-31-10-14-34(47)15-11-31/h1-3,6-16,20,22-23,32-33,50-53H,4-5,17-19,21,24-31H2;1-3,6-16,20,22-23,28-29,45-46H,4-5,17-19,21,24-27H2/q+3;+2/p+1. The number of phenols is 1. The van der Waals surface area contributed by atoms with E-state index in [2.05, 4.69) is 115 Å². The number of aromatic nitrogens is 8. The van der Waals surface area contributed by atoms with Crippen molar-refractivity contribution in [1.29, 1.82) is 0 Å². The Bertz CT molecular complexity index is 4120. The number of rotatable bonds is 39. The van der Waals surface area contributed by atoms with Gasteiger partial charge in [0.15, 0.2) is 37.9 Å². The summed E-state index contributed by atoms with van der Waals surface area (Å²) >= 11 is 0. The largest absolute Gasteiger partial charge is 0.508 e. The van der Waals surface area contributed by atoms with E-state index in [-0.39, 0.29) is 45.4 Å². The average Bonchev–Trinajstić information content (AvgIpc) is 2.01. The maximum Gasteiger partial charge on any atom is 0.350 e. The van der Waals surface area contributed by atoms with E-state index >= 15 is 0 Å². The summed E-state index contributed by atoms with van der Waals surface area (Å²) in [5, 5.41) is 100. The van der Waals surface area contributed by atoms with Gasteiger partial charge in [-0.25, -0.2) is 36.5 Å². The van der Waals surface area contributed by atoms with E-state index in [0.717, 1.165) is 135 Å². The van der Waals surface area contributed by atoms with Crippen LogP contribution >= 0.6 is 0 Å². The molecule has 0 bridgehead atoms. The number of pyridine rings is 4. The Morgan fingerprint density at radius 1 is 0.300 bits per heavy atom. The number of aryl methyl sites for hydroxylation is 8. The zero-order valence-electron chi connectivity index (χ0n) is 56.5. The molecule has 0 unspecified atom stereocenters. The molecule has 10 aromatic rings. The van der Waals surface area contributed by atoms with E-state index in [9.17, 15) is 35.7 Å². The molecule has 26 heteroatoms. The van der Waals surface area contributed by atoms with E-state index in [1.807, 2.05) is 185 Å². The quantitative estimate of drug-likeness (QED) is 0.0142. The molecule has 0 saturated carbocycles. The summed E-state index contributed by atoms with van der Waals surface area (Å²) in [7, 11) is 0. The van der Waals surface area contributed by atoms with Crippen molar-refractivity contribution in [3.8, 4) is 5.75 Å². The van der Waals surface area contributed by atoms with Gasteiger partial charge in [-0.1, -0.05) is 12.1 Å². The van der Waals surface area contributed by atoms with Gasteiger partial charge in [0.2, 0.25) is 12.7 Å². The highest BCUT2D eigenvalue weighted by molar-refractivity contribution is 5.55. The Kier molecular flexibility index (Phi) is 30.0. The summed E-state index contributed by atoms with van der Waals surface area (Å²) in [5.41, 5.74) is 7.18. The minimum atomic E-state index is 0.0192. The first kappa shape index (κ1) is 73.5. The first-order valence-corrected chi connectivity index (χ1v) is 33.9. The summed E-state index contributed by atoms with van der Waals surface area (Å²) in [6.45, 7) is 9.74. The number of hydrogen-bond donors (Lipinski definition) is 7. The molecule has 0 fully saturated rings. The van der Waals surface area contributed by atoms with Crippen LogP contribution in [0.4, 0.5) is 62.8 Å². The maximum atomic E-state index is 9.42. The molecular formula is C74H93N19O7+6. The molecule has 0 spiro atoms. The topological polar surface area (TPSA) is 283 Å². The summed E-state index contributed by atoms with van der Waals surface area (Å²) in [6.07, 6.45) is 28.6. The molecule has 0 amide bonds. The summed E-state index contributed by atoms with van der Waals surface area (Å²) in [4.78, 5) is 5.77. The van der Waals surface area contributed by atoms with E-state index in [1.54, 1.807) is 24.3 Å². The molecule has 0 atom stereocenters. The fraction of sp³-hybridized carbons (Fsp3) is 0.324. The zero-order chi connectivity index (χ0) is 69.8. The third-order valence-electron chi connectivity index (χ3n) is 16.1. The average molecular weight is 1360 g/mol. The van der Waals surface area contributed by atoms with Crippen LogP contribution in [0.5, 0.6) is 5.75 Å². The maximum absolute atomic E-state index is 9.42. The predicted octanol–water partition coefficient (Wildman–Crippen LogP) is 8.80. The van der Waals surface area contributed by atoms with E-state index in [0.29, 0.717) is 45.0 Å². The minimum absolute atomic E-state index is 0.0192. The van der Waals surface area contributed by atoms with Crippen LogP contribution in [0, 0.1) is 0 Å². The summed E-state index contributed by atoms with van der Waals surface area (Å²) in [6, 6.07) is 49.1. The number of phenolic OH excluding ortho intramolecular Hbond substituents is 1. The predicted molar refractivity (Wildman–Crippen MR) is 378 cm³/mol. The molecular weight excluding hydrogens is 1270 g/mol. The van der Waals surface area contributed by atoms with Gasteiger partial charge in [0.25, 0.3) is 0 Å². The second-order valence-electron chi connectivity index (χ2n) is 23.5. The lowest BCUT2D eigenvalue weighted by Crippen LogP contribution is -2.37. The summed E-state index contributed by atoms with van der Waals surface area (Å²) < 4.78 is 17.3. The Balaban J connectivity index is 0.000000235. The number of hydrogen-bond acceptors (Lipinski definition) is 18. The van der Waals surface area contributed by atoms with Crippen LogP contribution in [0.3, 0.4) is 0 Å². The molecule has 0 aliphatic rings. The van der Waals surface area contributed by atoms with Gasteiger partial charge in [-0.2, -0.15) is 10.2 Å². The molecule has 0 aliphatic heterocycles. The first-order valence-electron chi connectivity index (χ1n) is 33.9. The van der Waals surface area contributed by atoms with Gasteiger partial charge in [-0.15, -0.1) is 10.2 Å². The van der Waals surface area contributed by atoms with Gasteiger partial charge in [0.1, 0.15) is 53.3 Å². The SMILES string of the molecule is OCCN(CCO)c1ccc(N=Nc2ccc[n+](CCC[n+]3ccn(CCC[n+]4ccccc4N=Nc4ccc(N(CCO)CCO)cc4)c3)c2)cc1.OCCN(CCO)c1ccc(N=Nc2cccc[n+]2CCCn2cc[n+](CCC[n+]3cccc(N=Nc4ccc(O)cc4)c3)c2)cc1. The molecule has 4 aromatic carbocycles. The molecule has 0 radical (unpaired) electrons. The number of aliphatic hydroxyl groups excluding tert-OH is 6. The van der Waals surface area contributed by atoms with E-state index < -0.39 is 0 Å². The normalized spacial score (nSPS) is 11.5. The fourth-order valence-electron chi connectivity index (χ4n) is 11.0.